The van der Waals surface area contributed by atoms with Crippen LogP contribution in [0, 0.1) is 5.92 Å². The van der Waals surface area contributed by atoms with Gasteiger partial charge in [0.15, 0.2) is 0 Å². The predicted molar refractivity (Wildman–Crippen MR) is 93.2 cm³/mol. The average Bonchev–Trinajstić information content (AvgIpc) is 3.10. The van der Waals surface area contributed by atoms with Gasteiger partial charge in [0, 0.05) is 18.2 Å². The van der Waals surface area contributed by atoms with Crippen LogP contribution in [0.3, 0.4) is 0 Å². The van der Waals surface area contributed by atoms with Crippen molar-refractivity contribution in [3.05, 3.63) is 35.3 Å². The SMILES string of the molecule is COC(=O)C1CC[NH+](Cc2csc(-c3ccccc3OC)n2)CC1. The lowest BCUT2D eigenvalue weighted by Crippen LogP contribution is -3.11. The monoisotopic (exact) mass is 347 g/mol. The van der Waals surface area contributed by atoms with Gasteiger partial charge >= 0.3 is 5.97 Å². The minimum atomic E-state index is -0.0684. The second kappa shape index (κ2) is 7.77. The number of hydrogen-bond donors (Lipinski definition) is 1. The summed E-state index contributed by atoms with van der Waals surface area (Å²) in [6.45, 7) is 2.88. The van der Waals surface area contributed by atoms with E-state index in [2.05, 4.69) is 5.38 Å². The molecule has 0 saturated carbocycles. The summed E-state index contributed by atoms with van der Waals surface area (Å²) in [4.78, 5) is 17.9. The molecule has 0 bridgehead atoms. The highest BCUT2D eigenvalue weighted by atomic mass is 32.1. The van der Waals surface area contributed by atoms with Crippen LogP contribution in [0.15, 0.2) is 29.6 Å². The molecule has 24 heavy (non-hydrogen) atoms. The minimum absolute atomic E-state index is 0.0679. The standard InChI is InChI=1S/C18H22N2O3S/c1-22-16-6-4-3-5-15(16)17-19-14(12-24-17)11-20-9-7-13(8-10-20)18(21)23-2/h3-6,12-13H,7-11H2,1-2H3/p+1. The lowest BCUT2D eigenvalue weighted by molar-refractivity contribution is -0.919. The summed E-state index contributed by atoms with van der Waals surface area (Å²) < 4.78 is 10.3. The van der Waals surface area contributed by atoms with E-state index in [0.717, 1.165) is 54.5 Å². The third-order valence-corrected chi connectivity index (χ3v) is 5.47. The molecule has 1 saturated heterocycles. The molecular weight excluding hydrogens is 324 g/mol. The highest BCUT2D eigenvalue weighted by molar-refractivity contribution is 7.13. The number of para-hydroxylation sites is 1. The molecule has 1 aromatic heterocycles. The molecule has 0 aliphatic carbocycles. The van der Waals surface area contributed by atoms with E-state index in [4.69, 9.17) is 14.5 Å². The van der Waals surface area contributed by atoms with E-state index >= 15 is 0 Å². The number of carbonyl (C=O) groups is 1. The lowest BCUT2D eigenvalue weighted by atomic mass is 9.97. The summed E-state index contributed by atoms with van der Waals surface area (Å²) in [6.07, 6.45) is 1.79. The summed E-state index contributed by atoms with van der Waals surface area (Å²) in [6, 6.07) is 7.96. The molecule has 0 spiro atoms. The molecule has 0 radical (unpaired) electrons. The number of hydrogen-bond acceptors (Lipinski definition) is 5. The lowest BCUT2D eigenvalue weighted by Gasteiger charge is -2.27. The molecule has 0 amide bonds. The van der Waals surface area contributed by atoms with Gasteiger partial charge in [-0.1, -0.05) is 12.1 Å². The molecular formula is C18H23N2O3S+. The Kier molecular flexibility index (Phi) is 5.48. The molecule has 1 aliphatic heterocycles. The van der Waals surface area contributed by atoms with E-state index in [-0.39, 0.29) is 11.9 Å². The van der Waals surface area contributed by atoms with Gasteiger partial charge in [0.25, 0.3) is 0 Å². The molecule has 0 atom stereocenters. The third kappa shape index (κ3) is 3.76. The number of likely N-dealkylation sites (tertiary alicyclic amines) is 1. The second-order valence-corrected chi connectivity index (χ2v) is 6.93. The summed E-state index contributed by atoms with van der Waals surface area (Å²) in [7, 11) is 3.15. The Labute approximate surface area is 146 Å². The summed E-state index contributed by atoms with van der Waals surface area (Å²) in [5.74, 6) is 0.851. The number of nitrogens with one attached hydrogen (secondary N) is 1. The zero-order valence-electron chi connectivity index (χ0n) is 14.1. The van der Waals surface area contributed by atoms with Gasteiger partial charge in [0.1, 0.15) is 23.0 Å². The first kappa shape index (κ1) is 16.9. The Balaban J connectivity index is 1.62. The molecule has 0 unspecified atom stereocenters. The summed E-state index contributed by atoms with van der Waals surface area (Å²) >= 11 is 1.65. The average molecular weight is 347 g/mol. The molecule has 5 nitrogen and oxygen atoms in total. The number of esters is 1. The zero-order chi connectivity index (χ0) is 16.9. The first-order valence-electron chi connectivity index (χ1n) is 8.20. The quantitative estimate of drug-likeness (QED) is 0.838. The number of carbonyl (C=O) groups excluding carboxylic acids is 1. The van der Waals surface area contributed by atoms with Crippen LogP contribution in [0.1, 0.15) is 18.5 Å². The number of aromatic nitrogens is 1. The van der Waals surface area contributed by atoms with Crippen molar-refractivity contribution in [2.45, 2.75) is 19.4 Å². The molecule has 1 aromatic carbocycles. The maximum atomic E-state index is 11.6. The van der Waals surface area contributed by atoms with Gasteiger partial charge in [-0.2, -0.15) is 0 Å². The third-order valence-electron chi connectivity index (χ3n) is 4.55. The van der Waals surface area contributed by atoms with Crippen LogP contribution >= 0.6 is 11.3 Å². The van der Waals surface area contributed by atoms with Gasteiger partial charge in [0.2, 0.25) is 0 Å². The molecule has 1 fully saturated rings. The fourth-order valence-corrected chi connectivity index (χ4v) is 4.04. The van der Waals surface area contributed by atoms with Crippen LogP contribution in [-0.4, -0.2) is 38.3 Å². The Hall–Kier alpha value is -1.92. The van der Waals surface area contributed by atoms with Gasteiger partial charge in [-0.25, -0.2) is 4.98 Å². The van der Waals surface area contributed by atoms with E-state index < -0.39 is 0 Å². The second-order valence-electron chi connectivity index (χ2n) is 6.07. The number of methoxy groups -OCH3 is 2. The molecule has 1 aliphatic rings. The van der Waals surface area contributed by atoms with Gasteiger partial charge in [-0.3, -0.25) is 4.79 Å². The number of piperidine rings is 1. The molecule has 2 heterocycles. The molecule has 128 valence electrons. The fraction of sp³-hybridized carbons (Fsp3) is 0.444. The van der Waals surface area contributed by atoms with Crippen LogP contribution in [-0.2, 0) is 16.1 Å². The number of rotatable bonds is 5. The van der Waals surface area contributed by atoms with Crippen LogP contribution < -0.4 is 9.64 Å². The Morgan fingerprint density at radius 3 is 2.75 bits per heavy atom. The van der Waals surface area contributed by atoms with Crippen molar-refractivity contribution in [1.29, 1.82) is 0 Å². The van der Waals surface area contributed by atoms with Crippen molar-refractivity contribution < 1.29 is 19.2 Å². The van der Waals surface area contributed by atoms with Crippen molar-refractivity contribution in [3.63, 3.8) is 0 Å². The number of thiazole rings is 1. The van der Waals surface area contributed by atoms with Gasteiger partial charge in [-0.05, 0) is 12.1 Å². The Bertz CT molecular complexity index is 693. The van der Waals surface area contributed by atoms with E-state index in [0.29, 0.717) is 0 Å². The van der Waals surface area contributed by atoms with Crippen molar-refractivity contribution in [2.75, 3.05) is 27.3 Å². The molecule has 2 aromatic rings. The number of quaternary nitrogens is 1. The van der Waals surface area contributed by atoms with Crippen molar-refractivity contribution in [2.24, 2.45) is 5.92 Å². The molecule has 3 rings (SSSR count). The first-order valence-corrected chi connectivity index (χ1v) is 9.08. The predicted octanol–water partition coefficient (Wildman–Crippen LogP) is 1.79. The largest absolute Gasteiger partial charge is 0.496 e. The highest BCUT2D eigenvalue weighted by Gasteiger charge is 2.28. The molecule has 1 N–H and O–H groups in total. The number of nitrogens with zero attached hydrogens (tertiary/aromatic N) is 1. The minimum Gasteiger partial charge on any atom is -0.496 e. The van der Waals surface area contributed by atoms with Crippen molar-refractivity contribution in [1.82, 2.24) is 4.98 Å². The van der Waals surface area contributed by atoms with Crippen LogP contribution in [0.4, 0.5) is 0 Å². The highest BCUT2D eigenvalue weighted by Crippen LogP contribution is 2.31. The Morgan fingerprint density at radius 2 is 2.04 bits per heavy atom. The maximum Gasteiger partial charge on any atom is 0.309 e. The maximum absolute atomic E-state index is 11.6. The van der Waals surface area contributed by atoms with E-state index in [1.165, 1.54) is 12.0 Å². The van der Waals surface area contributed by atoms with E-state index in [1.54, 1.807) is 18.4 Å². The van der Waals surface area contributed by atoms with E-state index in [9.17, 15) is 4.79 Å². The zero-order valence-corrected chi connectivity index (χ0v) is 14.9. The van der Waals surface area contributed by atoms with Crippen LogP contribution in [0.2, 0.25) is 0 Å². The number of ether oxygens (including phenoxy) is 2. The van der Waals surface area contributed by atoms with Gasteiger partial charge < -0.3 is 14.4 Å². The summed E-state index contributed by atoms with van der Waals surface area (Å²) in [5, 5.41) is 3.12. The fourth-order valence-electron chi connectivity index (χ4n) is 3.19. The van der Waals surface area contributed by atoms with Gasteiger partial charge in [0.05, 0.1) is 38.8 Å². The smallest absolute Gasteiger partial charge is 0.309 e. The van der Waals surface area contributed by atoms with Crippen LogP contribution in [0.25, 0.3) is 10.6 Å². The molecule has 6 heteroatoms. The first-order chi connectivity index (χ1) is 11.7. The topological polar surface area (TPSA) is 52.9 Å². The van der Waals surface area contributed by atoms with Crippen molar-refractivity contribution >= 4 is 17.3 Å². The Morgan fingerprint density at radius 1 is 1.29 bits per heavy atom. The van der Waals surface area contributed by atoms with Crippen molar-refractivity contribution in [3.8, 4) is 16.3 Å². The summed E-state index contributed by atoms with van der Waals surface area (Å²) in [5.41, 5.74) is 2.14. The normalized spacial score (nSPS) is 20.6. The number of benzene rings is 1. The van der Waals surface area contributed by atoms with E-state index in [1.807, 2.05) is 24.3 Å². The van der Waals surface area contributed by atoms with Gasteiger partial charge in [-0.15, -0.1) is 11.3 Å². The van der Waals surface area contributed by atoms with Crippen LogP contribution in [0.5, 0.6) is 5.75 Å².